The number of ether oxygens (including phenoxy) is 3. The molecule has 2 heterocycles. The van der Waals surface area contributed by atoms with Crippen molar-refractivity contribution < 1.29 is 19.0 Å². The molecule has 2 aromatic rings. The molecule has 0 bridgehead atoms. The van der Waals surface area contributed by atoms with Crippen molar-refractivity contribution in [2.75, 3.05) is 32.2 Å². The van der Waals surface area contributed by atoms with E-state index < -0.39 is 12.0 Å². The number of nitrogens with zero attached hydrogens (tertiary/aromatic N) is 3. The van der Waals surface area contributed by atoms with Crippen LogP contribution < -0.4 is 10.1 Å². The van der Waals surface area contributed by atoms with E-state index in [9.17, 15) is 4.79 Å². The Morgan fingerprint density at radius 1 is 1.26 bits per heavy atom. The highest BCUT2D eigenvalue weighted by Gasteiger charge is 2.35. The zero-order valence-electron chi connectivity index (χ0n) is 15.8. The van der Waals surface area contributed by atoms with E-state index in [4.69, 9.17) is 14.2 Å². The SMILES string of the molecule is CCCOCCOC(=O)C1=C(C)Nc2ncnn2C1c1ccccc1OC. The summed E-state index contributed by atoms with van der Waals surface area (Å²) in [6.45, 7) is 5.06. The Morgan fingerprint density at radius 2 is 2.07 bits per heavy atom. The fourth-order valence-corrected chi connectivity index (χ4v) is 3.05. The van der Waals surface area contributed by atoms with Gasteiger partial charge in [-0.1, -0.05) is 25.1 Å². The third-order valence-electron chi connectivity index (χ3n) is 4.26. The first kappa shape index (κ1) is 18.9. The van der Waals surface area contributed by atoms with Crippen LogP contribution in [0.15, 0.2) is 41.9 Å². The van der Waals surface area contributed by atoms with Crippen LogP contribution in [0.25, 0.3) is 0 Å². The first-order chi connectivity index (χ1) is 13.2. The Balaban J connectivity index is 1.91. The predicted molar refractivity (Wildman–Crippen MR) is 99.5 cm³/mol. The number of fused-ring (bicyclic) bond motifs is 1. The molecule has 1 aliphatic heterocycles. The summed E-state index contributed by atoms with van der Waals surface area (Å²) in [6, 6.07) is 7.04. The van der Waals surface area contributed by atoms with Gasteiger partial charge in [0.25, 0.3) is 0 Å². The van der Waals surface area contributed by atoms with Gasteiger partial charge in [0.1, 0.15) is 24.7 Å². The Bertz CT molecular complexity index is 831. The molecular formula is C19H24N4O4. The molecule has 0 fully saturated rings. The lowest BCUT2D eigenvalue weighted by molar-refractivity contribution is -0.141. The van der Waals surface area contributed by atoms with Crippen LogP contribution in [0.3, 0.4) is 0 Å². The van der Waals surface area contributed by atoms with Crippen molar-refractivity contribution in [3.05, 3.63) is 47.4 Å². The van der Waals surface area contributed by atoms with E-state index in [0.717, 1.165) is 12.0 Å². The van der Waals surface area contributed by atoms with E-state index in [2.05, 4.69) is 15.4 Å². The lowest BCUT2D eigenvalue weighted by Crippen LogP contribution is -2.30. The van der Waals surface area contributed by atoms with Gasteiger partial charge in [-0.25, -0.2) is 9.48 Å². The minimum Gasteiger partial charge on any atom is -0.496 e. The lowest BCUT2D eigenvalue weighted by atomic mass is 9.95. The number of benzene rings is 1. The molecule has 8 nitrogen and oxygen atoms in total. The Kier molecular flexibility index (Phi) is 6.08. The van der Waals surface area contributed by atoms with E-state index >= 15 is 0 Å². The number of hydrogen-bond acceptors (Lipinski definition) is 7. The van der Waals surface area contributed by atoms with Crippen LogP contribution in [0, 0.1) is 0 Å². The Labute approximate surface area is 158 Å². The Hall–Kier alpha value is -2.87. The average molecular weight is 372 g/mol. The van der Waals surface area contributed by atoms with Gasteiger partial charge in [-0.2, -0.15) is 10.1 Å². The molecule has 0 aliphatic carbocycles. The minimum atomic E-state index is -0.496. The quantitative estimate of drug-likeness (QED) is 0.563. The highest BCUT2D eigenvalue weighted by Crippen LogP contribution is 2.38. The maximum atomic E-state index is 12.9. The van der Waals surface area contributed by atoms with Crippen molar-refractivity contribution in [1.29, 1.82) is 0 Å². The standard InChI is InChI=1S/C19H24N4O4/c1-4-9-26-10-11-27-18(24)16-13(2)22-19-20-12-21-23(19)17(16)14-7-5-6-8-15(14)25-3/h5-8,12,17H,4,9-11H2,1-3H3,(H,20,21,22). The monoisotopic (exact) mass is 372 g/mol. The van der Waals surface area contributed by atoms with Crippen LogP contribution in [0.2, 0.25) is 0 Å². The van der Waals surface area contributed by atoms with Crippen LogP contribution >= 0.6 is 0 Å². The highest BCUT2D eigenvalue weighted by atomic mass is 16.6. The summed E-state index contributed by atoms with van der Waals surface area (Å²) in [7, 11) is 1.60. The molecule has 0 amide bonds. The summed E-state index contributed by atoms with van der Waals surface area (Å²) in [4.78, 5) is 17.1. The van der Waals surface area contributed by atoms with E-state index in [1.807, 2.05) is 38.1 Å². The molecule has 0 saturated heterocycles. The van der Waals surface area contributed by atoms with Gasteiger partial charge in [-0.15, -0.1) is 0 Å². The number of esters is 1. The molecule has 1 aromatic heterocycles. The van der Waals surface area contributed by atoms with Gasteiger partial charge in [0.05, 0.1) is 19.3 Å². The molecule has 27 heavy (non-hydrogen) atoms. The molecule has 1 N–H and O–H groups in total. The molecule has 3 rings (SSSR count). The van der Waals surface area contributed by atoms with Gasteiger partial charge in [-0.3, -0.25) is 0 Å². The molecule has 1 atom stereocenters. The number of carbonyl (C=O) groups excluding carboxylic acids is 1. The molecular weight excluding hydrogens is 348 g/mol. The minimum absolute atomic E-state index is 0.193. The van der Waals surface area contributed by atoms with Crippen molar-refractivity contribution in [3.8, 4) is 5.75 Å². The molecule has 1 aromatic carbocycles. The van der Waals surface area contributed by atoms with Crippen molar-refractivity contribution in [2.45, 2.75) is 26.3 Å². The van der Waals surface area contributed by atoms with Crippen LogP contribution in [-0.2, 0) is 14.3 Å². The van der Waals surface area contributed by atoms with Gasteiger partial charge in [0, 0.05) is 17.9 Å². The number of nitrogens with one attached hydrogen (secondary N) is 1. The summed E-state index contributed by atoms with van der Waals surface area (Å²) in [5, 5.41) is 7.41. The number of allylic oxidation sites excluding steroid dienone is 1. The van der Waals surface area contributed by atoms with Crippen LogP contribution in [0.1, 0.15) is 31.9 Å². The summed E-state index contributed by atoms with van der Waals surface area (Å²) >= 11 is 0. The molecule has 0 radical (unpaired) electrons. The molecule has 1 unspecified atom stereocenters. The first-order valence-corrected chi connectivity index (χ1v) is 8.92. The molecule has 1 aliphatic rings. The van der Waals surface area contributed by atoms with Gasteiger partial charge < -0.3 is 19.5 Å². The number of methoxy groups -OCH3 is 1. The fraction of sp³-hybridized carbons (Fsp3) is 0.421. The maximum absolute atomic E-state index is 12.9. The van der Waals surface area contributed by atoms with E-state index in [0.29, 0.717) is 36.2 Å². The van der Waals surface area contributed by atoms with E-state index in [1.165, 1.54) is 6.33 Å². The number of para-hydroxylation sites is 1. The topological polar surface area (TPSA) is 87.5 Å². The van der Waals surface area contributed by atoms with Gasteiger partial charge in [-0.05, 0) is 19.4 Å². The largest absolute Gasteiger partial charge is 0.496 e. The normalized spacial score (nSPS) is 15.9. The maximum Gasteiger partial charge on any atom is 0.338 e. The van der Waals surface area contributed by atoms with Crippen molar-refractivity contribution in [3.63, 3.8) is 0 Å². The van der Waals surface area contributed by atoms with Crippen LogP contribution in [0.5, 0.6) is 5.75 Å². The second kappa shape index (κ2) is 8.68. The number of hydrogen-bond donors (Lipinski definition) is 1. The second-order valence-corrected chi connectivity index (χ2v) is 6.08. The second-order valence-electron chi connectivity index (χ2n) is 6.08. The number of rotatable bonds is 8. The van der Waals surface area contributed by atoms with Crippen LogP contribution in [0.4, 0.5) is 5.95 Å². The zero-order chi connectivity index (χ0) is 19.2. The lowest BCUT2D eigenvalue weighted by Gasteiger charge is -2.29. The summed E-state index contributed by atoms with van der Waals surface area (Å²) in [5.41, 5.74) is 1.95. The van der Waals surface area contributed by atoms with E-state index in [-0.39, 0.29) is 6.61 Å². The summed E-state index contributed by atoms with van der Waals surface area (Å²) < 4.78 is 18.0. The number of anilines is 1. The zero-order valence-corrected chi connectivity index (χ0v) is 15.8. The van der Waals surface area contributed by atoms with Crippen molar-refractivity contribution in [2.24, 2.45) is 0 Å². The fourth-order valence-electron chi connectivity index (χ4n) is 3.05. The van der Waals surface area contributed by atoms with Crippen molar-refractivity contribution >= 4 is 11.9 Å². The number of carbonyl (C=O) groups is 1. The molecule has 0 saturated carbocycles. The Morgan fingerprint density at radius 3 is 2.85 bits per heavy atom. The van der Waals surface area contributed by atoms with Crippen molar-refractivity contribution in [1.82, 2.24) is 14.8 Å². The third-order valence-corrected chi connectivity index (χ3v) is 4.26. The van der Waals surface area contributed by atoms with Gasteiger partial charge in [0.15, 0.2) is 0 Å². The predicted octanol–water partition coefficient (Wildman–Crippen LogP) is 2.55. The highest BCUT2D eigenvalue weighted by molar-refractivity contribution is 5.92. The van der Waals surface area contributed by atoms with Crippen LogP contribution in [-0.4, -0.2) is 47.7 Å². The van der Waals surface area contributed by atoms with Gasteiger partial charge >= 0.3 is 5.97 Å². The number of aromatic nitrogens is 3. The molecule has 0 spiro atoms. The molecule has 8 heteroatoms. The first-order valence-electron chi connectivity index (χ1n) is 8.92. The summed E-state index contributed by atoms with van der Waals surface area (Å²) in [5.74, 6) is 0.804. The van der Waals surface area contributed by atoms with E-state index in [1.54, 1.807) is 11.8 Å². The average Bonchev–Trinajstić information content (AvgIpc) is 3.14. The van der Waals surface area contributed by atoms with Gasteiger partial charge in [0.2, 0.25) is 5.95 Å². The smallest absolute Gasteiger partial charge is 0.338 e. The summed E-state index contributed by atoms with van der Waals surface area (Å²) in [6.07, 6.45) is 2.37. The molecule has 144 valence electrons. The third kappa shape index (κ3) is 3.95.